The van der Waals surface area contributed by atoms with Gasteiger partial charge in [-0.15, -0.1) is 0 Å². The van der Waals surface area contributed by atoms with Crippen molar-refractivity contribution in [2.24, 2.45) is 0 Å². The molecule has 0 heterocycles. The molecule has 0 aliphatic rings. The summed E-state index contributed by atoms with van der Waals surface area (Å²) >= 11 is 0. The molecule has 0 aromatic rings. The molecule has 1 N–H and O–H groups in total. The van der Waals surface area contributed by atoms with E-state index in [2.05, 4.69) is 19.2 Å². The molecule has 0 radical (unpaired) electrons. The summed E-state index contributed by atoms with van der Waals surface area (Å²) in [5.41, 5.74) is 0. The van der Waals surface area contributed by atoms with Crippen LogP contribution in [0.4, 0.5) is 0 Å². The lowest BCUT2D eigenvalue weighted by atomic mass is 10.1. The Bertz CT molecular complexity index is 157. The summed E-state index contributed by atoms with van der Waals surface area (Å²) in [5, 5.41) is 3.37. The van der Waals surface area contributed by atoms with Crippen molar-refractivity contribution in [1.82, 2.24) is 10.2 Å². The zero-order valence-electron chi connectivity index (χ0n) is 9.42. The normalized spacial score (nSPS) is 15.2. The Hall–Kier alpha value is -0.570. The first-order chi connectivity index (χ1) is 5.97. The fourth-order valence-electron chi connectivity index (χ4n) is 1.11. The first kappa shape index (κ1) is 12.4. The topological polar surface area (TPSA) is 32.3 Å². The molecule has 0 aromatic heterocycles. The van der Waals surface area contributed by atoms with Crippen LogP contribution in [0.1, 0.15) is 33.6 Å². The first-order valence-electron chi connectivity index (χ1n) is 4.93. The molecule has 0 unspecified atom stereocenters. The van der Waals surface area contributed by atoms with Gasteiger partial charge in [0.2, 0.25) is 5.91 Å². The molecular formula is C10H22N2O. The highest BCUT2D eigenvalue weighted by Gasteiger charge is 2.11. The summed E-state index contributed by atoms with van der Waals surface area (Å²) in [4.78, 5) is 12.9. The van der Waals surface area contributed by atoms with Crippen molar-refractivity contribution in [3.05, 3.63) is 0 Å². The number of hydrogen-bond acceptors (Lipinski definition) is 2. The average molecular weight is 186 g/mol. The Kier molecular flexibility index (Phi) is 5.71. The fourth-order valence-corrected chi connectivity index (χ4v) is 1.11. The number of carbonyl (C=O) groups excluding carboxylic acids is 1. The van der Waals surface area contributed by atoms with E-state index in [1.54, 1.807) is 19.0 Å². The third kappa shape index (κ3) is 5.64. The molecule has 0 saturated carbocycles. The van der Waals surface area contributed by atoms with E-state index in [-0.39, 0.29) is 11.9 Å². The van der Waals surface area contributed by atoms with Crippen molar-refractivity contribution in [3.8, 4) is 0 Å². The van der Waals surface area contributed by atoms with E-state index < -0.39 is 0 Å². The smallest absolute Gasteiger partial charge is 0.223 e. The van der Waals surface area contributed by atoms with Crippen molar-refractivity contribution in [2.45, 2.75) is 45.7 Å². The predicted molar refractivity (Wildman–Crippen MR) is 55.7 cm³/mol. The van der Waals surface area contributed by atoms with E-state index in [4.69, 9.17) is 0 Å². The van der Waals surface area contributed by atoms with E-state index in [1.165, 1.54) is 0 Å². The van der Waals surface area contributed by atoms with Crippen LogP contribution in [0.25, 0.3) is 0 Å². The van der Waals surface area contributed by atoms with Gasteiger partial charge in [0, 0.05) is 32.6 Å². The summed E-state index contributed by atoms with van der Waals surface area (Å²) < 4.78 is 0. The number of carbonyl (C=O) groups is 1. The van der Waals surface area contributed by atoms with Crippen LogP contribution in [0.15, 0.2) is 0 Å². The summed E-state index contributed by atoms with van der Waals surface area (Å²) in [7, 11) is 3.58. The van der Waals surface area contributed by atoms with Gasteiger partial charge in [0.05, 0.1) is 0 Å². The summed E-state index contributed by atoms with van der Waals surface area (Å²) in [6.07, 6.45) is 1.68. The Morgan fingerprint density at radius 3 is 2.23 bits per heavy atom. The standard InChI is InChI=1S/C10H22N2O/c1-6-8(2)11-9(3)7-10(13)12(4)5/h8-9,11H,6-7H2,1-5H3/t8-,9+/m0/s1. The molecule has 0 rings (SSSR count). The molecule has 0 aliphatic heterocycles. The van der Waals surface area contributed by atoms with Gasteiger partial charge in [0.15, 0.2) is 0 Å². The zero-order valence-corrected chi connectivity index (χ0v) is 9.42. The van der Waals surface area contributed by atoms with Gasteiger partial charge in [-0.2, -0.15) is 0 Å². The van der Waals surface area contributed by atoms with Crippen LogP contribution in [-0.2, 0) is 4.79 Å². The van der Waals surface area contributed by atoms with Gasteiger partial charge in [0.1, 0.15) is 0 Å². The van der Waals surface area contributed by atoms with Crippen LogP contribution in [0.2, 0.25) is 0 Å². The molecule has 0 saturated heterocycles. The van der Waals surface area contributed by atoms with Crippen LogP contribution in [-0.4, -0.2) is 37.0 Å². The minimum Gasteiger partial charge on any atom is -0.349 e. The molecule has 13 heavy (non-hydrogen) atoms. The Morgan fingerprint density at radius 1 is 1.31 bits per heavy atom. The van der Waals surface area contributed by atoms with E-state index in [9.17, 15) is 4.79 Å². The molecule has 3 heteroatoms. The highest BCUT2D eigenvalue weighted by Crippen LogP contribution is 1.98. The fraction of sp³-hybridized carbons (Fsp3) is 0.900. The largest absolute Gasteiger partial charge is 0.349 e. The molecule has 0 aromatic carbocycles. The average Bonchev–Trinajstić information content (AvgIpc) is 2.03. The Balaban J connectivity index is 3.74. The van der Waals surface area contributed by atoms with Gasteiger partial charge >= 0.3 is 0 Å². The van der Waals surface area contributed by atoms with Crippen molar-refractivity contribution in [3.63, 3.8) is 0 Å². The van der Waals surface area contributed by atoms with Crippen molar-refractivity contribution >= 4 is 5.91 Å². The third-order valence-corrected chi connectivity index (χ3v) is 2.16. The molecule has 2 atom stereocenters. The SMILES string of the molecule is CC[C@H](C)N[C@H](C)CC(=O)N(C)C. The second-order valence-corrected chi connectivity index (χ2v) is 3.87. The van der Waals surface area contributed by atoms with E-state index in [1.807, 2.05) is 6.92 Å². The van der Waals surface area contributed by atoms with Crippen molar-refractivity contribution in [2.75, 3.05) is 14.1 Å². The number of amides is 1. The second-order valence-electron chi connectivity index (χ2n) is 3.87. The molecule has 78 valence electrons. The van der Waals surface area contributed by atoms with E-state index in [0.717, 1.165) is 6.42 Å². The molecule has 0 bridgehead atoms. The maximum absolute atomic E-state index is 11.3. The van der Waals surface area contributed by atoms with Crippen molar-refractivity contribution < 1.29 is 4.79 Å². The van der Waals surface area contributed by atoms with E-state index >= 15 is 0 Å². The van der Waals surface area contributed by atoms with Crippen LogP contribution in [0.3, 0.4) is 0 Å². The maximum Gasteiger partial charge on any atom is 0.223 e. The summed E-state index contributed by atoms with van der Waals surface area (Å²) in [5.74, 6) is 0.184. The highest BCUT2D eigenvalue weighted by atomic mass is 16.2. The van der Waals surface area contributed by atoms with E-state index in [0.29, 0.717) is 12.5 Å². The molecule has 3 nitrogen and oxygen atoms in total. The number of hydrogen-bond donors (Lipinski definition) is 1. The van der Waals surface area contributed by atoms with Gasteiger partial charge in [-0.3, -0.25) is 4.79 Å². The minimum atomic E-state index is 0.184. The zero-order chi connectivity index (χ0) is 10.4. The summed E-state index contributed by atoms with van der Waals surface area (Å²) in [6, 6.07) is 0.759. The number of nitrogens with one attached hydrogen (secondary N) is 1. The lowest BCUT2D eigenvalue weighted by molar-refractivity contribution is -0.129. The van der Waals surface area contributed by atoms with Gasteiger partial charge in [-0.1, -0.05) is 6.92 Å². The summed E-state index contributed by atoms with van der Waals surface area (Å²) in [6.45, 7) is 6.32. The van der Waals surface area contributed by atoms with Crippen LogP contribution in [0.5, 0.6) is 0 Å². The molecule has 0 spiro atoms. The number of nitrogens with zero attached hydrogens (tertiary/aromatic N) is 1. The maximum atomic E-state index is 11.3. The lowest BCUT2D eigenvalue weighted by Gasteiger charge is -2.20. The Morgan fingerprint density at radius 2 is 1.85 bits per heavy atom. The van der Waals surface area contributed by atoms with Gasteiger partial charge in [-0.25, -0.2) is 0 Å². The highest BCUT2D eigenvalue weighted by molar-refractivity contribution is 5.76. The van der Waals surface area contributed by atoms with Gasteiger partial charge in [0.25, 0.3) is 0 Å². The van der Waals surface area contributed by atoms with Gasteiger partial charge < -0.3 is 10.2 Å². The predicted octanol–water partition coefficient (Wildman–Crippen LogP) is 1.24. The Labute approximate surface area is 81.5 Å². The van der Waals surface area contributed by atoms with Crippen LogP contribution in [0, 0.1) is 0 Å². The lowest BCUT2D eigenvalue weighted by Crippen LogP contribution is -2.37. The molecule has 0 aliphatic carbocycles. The molecule has 1 amide bonds. The van der Waals surface area contributed by atoms with Crippen LogP contribution >= 0.6 is 0 Å². The second kappa shape index (κ2) is 5.97. The number of rotatable bonds is 5. The molecular weight excluding hydrogens is 164 g/mol. The first-order valence-corrected chi connectivity index (χ1v) is 4.93. The van der Waals surface area contributed by atoms with Crippen molar-refractivity contribution in [1.29, 1.82) is 0 Å². The minimum absolute atomic E-state index is 0.184. The third-order valence-electron chi connectivity index (χ3n) is 2.16. The van der Waals surface area contributed by atoms with Gasteiger partial charge in [-0.05, 0) is 20.3 Å². The monoisotopic (exact) mass is 186 g/mol. The molecule has 0 fully saturated rings. The van der Waals surface area contributed by atoms with Crippen LogP contribution < -0.4 is 5.32 Å². The quantitative estimate of drug-likeness (QED) is 0.700.